The third-order valence-corrected chi connectivity index (χ3v) is 6.47. The number of ether oxygens (including phenoxy) is 1. The molecule has 21 heavy (non-hydrogen) atoms. The molecule has 1 heterocycles. The van der Waals surface area contributed by atoms with Crippen molar-refractivity contribution in [1.82, 2.24) is 9.71 Å². The monoisotopic (exact) mass is 410 g/mol. The third kappa shape index (κ3) is 3.95. The van der Waals surface area contributed by atoms with Crippen molar-refractivity contribution in [2.24, 2.45) is 0 Å². The van der Waals surface area contributed by atoms with E-state index in [1.807, 2.05) is 6.07 Å². The summed E-state index contributed by atoms with van der Waals surface area (Å²) in [5.41, 5.74) is 0.807. The molecule has 114 valence electrons. The van der Waals surface area contributed by atoms with E-state index in [1.165, 1.54) is 6.20 Å². The number of benzene rings is 1. The number of hydrogen-bond donors (Lipinski definition) is 1. The smallest absolute Gasteiger partial charge is 0.252 e. The first-order chi connectivity index (χ1) is 9.83. The molecule has 5 nitrogen and oxygen atoms in total. The molecule has 1 unspecified atom stereocenters. The molecule has 0 fully saturated rings. The second-order valence-electron chi connectivity index (χ2n) is 4.17. The molecule has 1 aromatic carbocycles. The minimum atomic E-state index is -3.64. The van der Waals surface area contributed by atoms with E-state index in [0.717, 1.165) is 21.4 Å². The fraction of sp³-hybridized carbons (Fsp3) is 0.250. The Morgan fingerprint density at radius 2 is 2.19 bits per heavy atom. The van der Waals surface area contributed by atoms with Gasteiger partial charge in [-0.1, -0.05) is 29.0 Å². The summed E-state index contributed by atoms with van der Waals surface area (Å²) in [5.74, 6) is 0.683. The standard InChI is InChI=1S/C12H12BrClN2O3S2/c1-7(8-3-4-10(19-2)9(13)5-8)16-21(17,18)11-6-15-12(14)20-11/h3-7,16H,1-2H3. The third-order valence-electron chi connectivity index (χ3n) is 2.73. The highest BCUT2D eigenvalue weighted by molar-refractivity contribution is 9.10. The predicted molar refractivity (Wildman–Crippen MR) is 86.6 cm³/mol. The van der Waals surface area contributed by atoms with Crippen molar-refractivity contribution in [3.63, 3.8) is 0 Å². The Morgan fingerprint density at radius 1 is 1.48 bits per heavy atom. The summed E-state index contributed by atoms with van der Waals surface area (Å²) < 4.78 is 33.2. The van der Waals surface area contributed by atoms with Gasteiger partial charge < -0.3 is 4.74 Å². The summed E-state index contributed by atoms with van der Waals surface area (Å²) in [5, 5.41) is 0. The average Bonchev–Trinajstić information content (AvgIpc) is 2.85. The van der Waals surface area contributed by atoms with Gasteiger partial charge in [0.2, 0.25) is 0 Å². The Hall–Kier alpha value is -0.670. The molecule has 0 saturated carbocycles. The lowest BCUT2D eigenvalue weighted by atomic mass is 10.1. The summed E-state index contributed by atoms with van der Waals surface area (Å²) in [6.45, 7) is 1.76. The molecule has 0 aliphatic carbocycles. The zero-order valence-corrected chi connectivity index (χ0v) is 15.1. The topological polar surface area (TPSA) is 68.3 Å². The van der Waals surface area contributed by atoms with Crippen LogP contribution in [-0.4, -0.2) is 20.5 Å². The number of methoxy groups -OCH3 is 1. The fourth-order valence-electron chi connectivity index (χ4n) is 1.67. The van der Waals surface area contributed by atoms with Crippen LogP contribution in [0.15, 0.2) is 33.1 Å². The second-order valence-corrected chi connectivity index (χ2v) is 8.58. The van der Waals surface area contributed by atoms with Crippen LogP contribution in [0.25, 0.3) is 0 Å². The van der Waals surface area contributed by atoms with Crippen LogP contribution in [0.4, 0.5) is 0 Å². The largest absolute Gasteiger partial charge is 0.496 e. The van der Waals surface area contributed by atoms with Gasteiger partial charge in [-0.2, -0.15) is 0 Å². The molecular formula is C12H12BrClN2O3S2. The van der Waals surface area contributed by atoms with Gasteiger partial charge in [0.1, 0.15) is 5.75 Å². The van der Waals surface area contributed by atoms with Gasteiger partial charge in [0.05, 0.1) is 17.8 Å². The minimum absolute atomic E-state index is 0.0897. The maximum Gasteiger partial charge on any atom is 0.252 e. The molecule has 0 aliphatic rings. The lowest BCUT2D eigenvalue weighted by molar-refractivity contribution is 0.412. The first kappa shape index (κ1) is 16.7. The van der Waals surface area contributed by atoms with Gasteiger partial charge in [0.15, 0.2) is 8.68 Å². The summed E-state index contributed by atoms with van der Waals surface area (Å²) in [6, 6.07) is 4.98. The number of rotatable bonds is 5. The molecular weight excluding hydrogens is 400 g/mol. The van der Waals surface area contributed by atoms with Crippen LogP contribution in [0.2, 0.25) is 4.47 Å². The van der Waals surface area contributed by atoms with Gasteiger partial charge in [-0.05, 0) is 40.5 Å². The van der Waals surface area contributed by atoms with E-state index >= 15 is 0 Å². The van der Waals surface area contributed by atoms with Gasteiger partial charge in [-0.3, -0.25) is 0 Å². The van der Waals surface area contributed by atoms with E-state index in [-0.39, 0.29) is 8.68 Å². The van der Waals surface area contributed by atoms with Gasteiger partial charge in [-0.25, -0.2) is 18.1 Å². The van der Waals surface area contributed by atoms with Gasteiger partial charge >= 0.3 is 0 Å². The van der Waals surface area contributed by atoms with Gasteiger partial charge in [-0.15, -0.1) is 0 Å². The van der Waals surface area contributed by atoms with Crippen molar-refractivity contribution in [3.05, 3.63) is 38.9 Å². The summed E-state index contributed by atoms with van der Waals surface area (Å²) >= 11 is 9.96. The molecule has 0 aliphatic heterocycles. The highest BCUT2D eigenvalue weighted by Crippen LogP contribution is 2.29. The quantitative estimate of drug-likeness (QED) is 0.816. The minimum Gasteiger partial charge on any atom is -0.496 e. The number of hydrogen-bond acceptors (Lipinski definition) is 5. The molecule has 0 bridgehead atoms. The average molecular weight is 412 g/mol. The zero-order valence-electron chi connectivity index (χ0n) is 11.1. The molecule has 1 aromatic heterocycles. The number of halogens is 2. The number of nitrogens with zero attached hydrogens (tertiary/aromatic N) is 1. The lowest BCUT2D eigenvalue weighted by Gasteiger charge is -2.15. The second kappa shape index (κ2) is 6.62. The highest BCUT2D eigenvalue weighted by Gasteiger charge is 2.21. The van der Waals surface area contributed by atoms with E-state index in [0.29, 0.717) is 5.75 Å². The molecule has 1 N–H and O–H groups in total. The summed E-state index contributed by atoms with van der Waals surface area (Å²) in [7, 11) is -2.07. The van der Waals surface area contributed by atoms with E-state index in [9.17, 15) is 8.42 Å². The zero-order chi connectivity index (χ0) is 15.6. The van der Waals surface area contributed by atoms with E-state index in [2.05, 4.69) is 25.6 Å². The molecule has 0 radical (unpaired) electrons. The number of thiazole rings is 1. The Balaban J connectivity index is 2.21. The van der Waals surface area contributed by atoms with E-state index in [4.69, 9.17) is 16.3 Å². The molecule has 2 aromatic rings. The molecule has 0 saturated heterocycles. The predicted octanol–water partition coefficient (Wildman–Crippen LogP) is 3.61. The van der Waals surface area contributed by atoms with Gasteiger partial charge in [0, 0.05) is 6.04 Å². The first-order valence-electron chi connectivity index (χ1n) is 5.80. The van der Waals surface area contributed by atoms with E-state index in [1.54, 1.807) is 26.2 Å². The van der Waals surface area contributed by atoms with Crippen molar-refractivity contribution in [3.8, 4) is 5.75 Å². The Morgan fingerprint density at radius 3 is 2.71 bits per heavy atom. The van der Waals surface area contributed by atoms with Crippen molar-refractivity contribution in [1.29, 1.82) is 0 Å². The van der Waals surface area contributed by atoms with Crippen molar-refractivity contribution < 1.29 is 13.2 Å². The lowest BCUT2D eigenvalue weighted by Crippen LogP contribution is -2.26. The molecule has 0 spiro atoms. The Kier molecular flexibility index (Phi) is 5.26. The summed E-state index contributed by atoms with van der Waals surface area (Å²) in [4.78, 5) is 3.74. The van der Waals surface area contributed by atoms with Crippen LogP contribution in [0.1, 0.15) is 18.5 Å². The maximum absolute atomic E-state index is 12.2. The van der Waals surface area contributed by atoms with Crippen molar-refractivity contribution in [2.75, 3.05) is 7.11 Å². The first-order valence-corrected chi connectivity index (χ1v) is 9.27. The fourth-order valence-corrected chi connectivity index (χ4v) is 4.77. The van der Waals surface area contributed by atoms with Crippen LogP contribution in [-0.2, 0) is 10.0 Å². The maximum atomic E-state index is 12.2. The molecule has 9 heteroatoms. The van der Waals surface area contributed by atoms with Crippen LogP contribution >= 0.6 is 38.9 Å². The van der Waals surface area contributed by atoms with E-state index < -0.39 is 16.1 Å². The SMILES string of the molecule is COc1ccc(C(C)NS(=O)(=O)c2cnc(Cl)s2)cc1Br. The molecule has 1 atom stereocenters. The van der Waals surface area contributed by atoms with Crippen molar-refractivity contribution in [2.45, 2.75) is 17.2 Å². The van der Waals surface area contributed by atoms with Crippen LogP contribution in [0.5, 0.6) is 5.75 Å². The number of sulfonamides is 1. The highest BCUT2D eigenvalue weighted by atomic mass is 79.9. The number of aromatic nitrogens is 1. The Labute approximate surface area is 140 Å². The molecule has 0 amide bonds. The normalized spacial score (nSPS) is 13.1. The van der Waals surface area contributed by atoms with Crippen LogP contribution < -0.4 is 9.46 Å². The Bertz CT molecular complexity index is 749. The van der Waals surface area contributed by atoms with Gasteiger partial charge in [0.25, 0.3) is 10.0 Å². The van der Waals surface area contributed by atoms with Crippen LogP contribution in [0.3, 0.4) is 0 Å². The van der Waals surface area contributed by atoms with Crippen LogP contribution in [0, 0.1) is 0 Å². The molecule has 2 rings (SSSR count). The summed E-state index contributed by atoms with van der Waals surface area (Å²) in [6.07, 6.45) is 1.24. The number of nitrogens with one attached hydrogen (secondary N) is 1. The van der Waals surface area contributed by atoms with Crippen molar-refractivity contribution >= 4 is 48.9 Å².